The number of aromatic nitrogens is 3. The van der Waals surface area contributed by atoms with E-state index in [2.05, 4.69) is 13.8 Å². The van der Waals surface area contributed by atoms with E-state index in [0.717, 1.165) is 47.1 Å². The molecule has 0 atom stereocenters. The maximum atomic E-state index is 12.0. The van der Waals surface area contributed by atoms with Crippen LogP contribution in [0.5, 0.6) is 0 Å². The molecule has 174 valence electrons. The standard InChI is InChI=1S/C28H35N3O2/c1-20(2)17-27-29-26(16-14-21-9-5-3-6-10-21)30-31(27)19-22-13-15-24(25(18-22)28(32)33)23-11-7-4-8-12-23/h4,7-8,11-13,15,18,20-21H,3,5-6,9-10,14,16-17,19H2,1-2H3,(H,32,33). The first kappa shape index (κ1) is 23.2. The molecular formula is C28H35N3O2. The van der Waals surface area contributed by atoms with Crippen LogP contribution in [0.25, 0.3) is 11.1 Å². The maximum absolute atomic E-state index is 12.0. The molecule has 5 nitrogen and oxygen atoms in total. The molecule has 33 heavy (non-hydrogen) atoms. The van der Waals surface area contributed by atoms with Gasteiger partial charge in [-0.2, -0.15) is 5.10 Å². The molecule has 4 rings (SSSR count). The lowest BCUT2D eigenvalue weighted by atomic mass is 9.86. The van der Waals surface area contributed by atoms with Crippen LogP contribution in [0.1, 0.15) is 79.9 Å². The highest BCUT2D eigenvalue weighted by atomic mass is 16.4. The van der Waals surface area contributed by atoms with Gasteiger partial charge in [-0.15, -0.1) is 0 Å². The third-order valence-corrected chi connectivity index (χ3v) is 6.62. The molecule has 0 spiro atoms. The second-order valence-corrected chi connectivity index (χ2v) is 9.79. The molecule has 0 amide bonds. The number of nitrogens with zero attached hydrogens (tertiary/aromatic N) is 3. The zero-order valence-corrected chi connectivity index (χ0v) is 19.8. The van der Waals surface area contributed by atoms with Gasteiger partial charge in [-0.05, 0) is 41.0 Å². The first-order valence-electron chi connectivity index (χ1n) is 12.3. The van der Waals surface area contributed by atoms with Gasteiger partial charge in [0.25, 0.3) is 0 Å². The second kappa shape index (κ2) is 10.8. The van der Waals surface area contributed by atoms with Crippen LogP contribution in [0, 0.1) is 11.8 Å². The molecule has 0 radical (unpaired) electrons. The first-order valence-corrected chi connectivity index (χ1v) is 12.3. The molecule has 5 heteroatoms. The quantitative estimate of drug-likeness (QED) is 0.414. The smallest absolute Gasteiger partial charge is 0.336 e. The van der Waals surface area contributed by atoms with Gasteiger partial charge in [0.1, 0.15) is 5.82 Å². The summed E-state index contributed by atoms with van der Waals surface area (Å²) in [5, 5.41) is 14.7. The van der Waals surface area contributed by atoms with Crippen LogP contribution in [0.2, 0.25) is 0 Å². The maximum Gasteiger partial charge on any atom is 0.336 e. The van der Waals surface area contributed by atoms with E-state index in [9.17, 15) is 9.90 Å². The number of carboxylic acids is 1. The number of aryl methyl sites for hydroxylation is 1. The van der Waals surface area contributed by atoms with Crippen molar-refractivity contribution < 1.29 is 9.90 Å². The number of hydrogen-bond donors (Lipinski definition) is 1. The van der Waals surface area contributed by atoms with E-state index in [1.165, 1.54) is 38.5 Å². The van der Waals surface area contributed by atoms with Crippen molar-refractivity contribution in [2.75, 3.05) is 0 Å². The molecule has 1 fully saturated rings. The highest BCUT2D eigenvalue weighted by Gasteiger charge is 2.18. The number of aromatic carboxylic acids is 1. The average molecular weight is 446 g/mol. The van der Waals surface area contributed by atoms with Gasteiger partial charge in [0.2, 0.25) is 0 Å². The van der Waals surface area contributed by atoms with Gasteiger partial charge in [-0.3, -0.25) is 0 Å². The minimum atomic E-state index is -0.912. The molecule has 0 aliphatic heterocycles. The molecule has 0 unspecified atom stereocenters. The van der Waals surface area contributed by atoms with Gasteiger partial charge in [0.15, 0.2) is 5.82 Å². The summed E-state index contributed by atoms with van der Waals surface area (Å²) < 4.78 is 1.99. The number of hydrogen-bond acceptors (Lipinski definition) is 3. The van der Waals surface area contributed by atoms with Crippen molar-refractivity contribution >= 4 is 5.97 Å². The molecule has 3 aromatic rings. The Kier molecular flexibility index (Phi) is 7.58. The SMILES string of the molecule is CC(C)Cc1nc(CCC2CCCCC2)nn1Cc1ccc(-c2ccccc2)c(C(=O)O)c1. The Morgan fingerprint density at radius 3 is 2.55 bits per heavy atom. The third-order valence-electron chi connectivity index (χ3n) is 6.62. The average Bonchev–Trinajstić information content (AvgIpc) is 3.19. The van der Waals surface area contributed by atoms with Crippen LogP contribution in [-0.4, -0.2) is 25.8 Å². The van der Waals surface area contributed by atoms with Gasteiger partial charge in [0, 0.05) is 12.8 Å². The van der Waals surface area contributed by atoms with Crippen molar-refractivity contribution in [3.05, 3.63) is 71.3 Å². The topological polar surface area (TPSA) is 68.0 Å². The van der Waals surface area contributed by atoms with Crippen LogP contribution < -0.4 is 0 Å². The van der Waals surface area contributed by atoms with E-state index < -0.39 is 5.97 Å². The van der Waals surface area contributed by atoms with Crippen molar-refractivity contribution in [3.63, 3.8) is 0 Å². The summed E-state index contributed by atoms with van der Waals surface area (Å²) in [6.45, 7) is 4.92. The molecule has 1 N–H and O–H groups in total. The summed E-state index contributed by atoms with van der Waals surface area (Å²) in [4.78, 5) is 16.9. The Morgan fingerprint density at radius 1 is 1.09 bits per heavy atom. The molecule has 1 aliphatic rings. The van der Waals surface area contributed by atoms with E-state index >= 15 is 0 Å². The van der Waals surface area contributed by atoms with Crippen LogP contribution in [-0.2, 0) is 19.4 Å². The van der Waals surface area contributed by atoms with Gasteiger partial charge >= 0.3 is 5.97 Å². The fourth-order valence-corrected chi connectivity index (χ4v) is 4.89. The lowest BCUT2D eigenvalue weighted by Gasteiger charge is -2.20. The predicted octanol–water partition coefficient (Wildman–Crippen LogP) is 6.40. The summed E-state index contributed by atoms with van der Waals surface area (Å²) in [5.74, 6) is 2.30. The Bertz CT molecular complexity index is 1070. The Morgan fingerprint density at radius 2 is 1.85 bits per heavy atom. The van der Waals surface area contributed by atoms with Gasteiger partial charge in [0.05, 0.1) is 12.1 Å². The second-order valence-electron chi connectivity index (χ2n) is 9.79. The molecule has 1 saturated carbocycles. The summed E-state index contributed by atoms with van der Waals surface area (Å²) in [6, 6.07) is 15.4. The van der Waals surface area contributed by atoms with Crippen LogP contribution >= 0.6 is 0 Å². The van der Waals surface area contributed by atoms with Crippen LogP contribution in [0.3, 0.4) is 0 Å². The van der Waals surface area contributed by atoms with Crippen molar-refractivity contribution in [2.45, 2.75) is 71.8 Å². The van der Waals surface area contributed by atoms with E-state index in [1.54, 1.807) is 6.07 Å². The van der Waals surface area contributed by atoms with E-state index in [0.29, 0.717) is 18.0 Å². The minimum Gasteiger partial charge on any atom is -0.478 e. The van der Waals surface area contributed by atoms with Gasteiger partial charge in [-0.1, -0.05) is 88.4 Å². The molecular weight excluding hydrogens is 410 g/mol. The zero-order valence-electron chi connectivity index (χ0n) is 19.8. The predicted molar refractivity (Wildman–Crippen MR) is 131 cm³/mol. The van der Waals surface area contributed by atoms with E-state index in [4.69, 9.17) is 10.1 Å². The molecule has 2 aromatic carbocycles. The van der Waals surface area contributed by atoms with Gasteiger partial charge < -0.3 is 5.11 Å². The van der Waals surface area contributed by atoms with Gasteiger partial charge in [-0.25, -0.2) is 14.5 Å². The normalized spacial score (nSPS) is 14.6. The molecule has 0 saturated heterocycles. The van der Waals surface area contributed by atoms with Crippen molar-refractivity contribution in [2.24, 2.45) is 11.8 Å². The summed E-state index contributed by atoms with van der Waals surface area (Å²) in [5.41, 5.74) is 2.90. The van der Waals surface area contributed by atoms with Crippen molar-refractivity contribution in [1.82, 2.24) is 14.8 Å². The number of benzene rings is 2. The lowest BCUT2D eigenvalue weighted by molar-refractivity contribution is 0.0697. The first-order chi connectivity index (χ1) is 16.0. The monoisotopic (exact) mass is 445 g/mol. The highest BCUT2D eigenvalue weighted by molar-refractivity contribution is 5.96. The van der Waals surface area contributed by atoms with Crippen molar-refractivity contribution in [1.29, 1.82) is 0 Å². The summed E-state index contributed by atoms with van der Waals surface area (Å²) in [6.07, 6.45) is 9.73. The highest BCUT2D eigenvalue weighted by Crippen LogP contribution is 2.28. The molecule has 1 aromatic heterocycles. The Hall–Kier alpha value is -2.95. The largest absolute Gasteiger partial charge is 0.478 e. The molecule has 1 aliphatic carbocycles. The Balaban J connectivity index is 1.55. The summed E-state index contributed by atoms with van der Waals surface area (Å²) >= 11 is 0. The van der Waals surface area contributed by atoms with Crippen molar-refractivity contribution in [3.8, 4) is 11.1 Å². The van der Waals surface area contributed by atoms with E-state index in [1.807, 2.05) is 47.1 Å². The van der Waals surface area contributed by atoms with Crippen LogP contribution in [0.15, 0.2) is 48.5 Å². The molecule has 0 bridgehead atoms. The lowest BCUT2D eigenvalue weighted by Crippen LogP contribution is -2.11. The molecule has 1 heterocycles. The zero-order chi connectivity index (χ0) is 23.2. The summed E-state index contributed by atoms with van der Waals surface area (Å²) in [7, 11) is 0. The number of carbonyl (C=O) groups is 1. The van der Waals surface area contributed by atoms with E-state index in [-0.39, 0.29) is 0 Å². The third kappa shape index (κ3) is 6.10. The Labute approximate surface area is 196 Å². The minimum absolute atomic E-state index is 0.321. The number of carboxylic acid groups (broad SMARTS) is 1. The fourth-order valence-electron chi connectivity index (χ4n) is 4.89. The fraction of sp³-hybridized carbons (Fsp3) is 0.464. The number of rotatable bonds is 9. The van der Waals surface area contributed by atoms with Crippen LogP contribution in [0.4, 0.5) is 0 Å².